The molecule has 0 aliphatic rings. The van der Waals surface area contributed by atoms with Crippen molar-refractivity contribution in [1.82, 2.24) is 20.2 Å². The van der Waals surface area contributed by atoms with Gasteiger partial charge in [-0.25, -0.2) is 4.98 Å². The molecule has 0 fully saturated rings. The molecule has 1 atom stereocenters. The molecule has 0 saturated carbocycles. The number of nitrogens with zero attached hydrogens (tertiary/aromatic N) is 2. The molecule has 1 heterocycles. The molecule has 5 nitrogen and oxygen atoms in total. The minimum atomic E-state index is -0.168. The van der Waals surface area contributed by atoms with Crippen LogP contribution in [0, 0.1) is 6.92 Å². The lowest BCUT2D eigenvalue weighted by molar-refractivity contribution is -0.132. The second-order valence-corrected chi connectivity index (χ2v) is 4.11. The van der Waals surface area contributed by atoms with Crippen LogP contribution in [-0.2, 0) is 11.3 Å². The molecule has 0 aromatic carbocycles. The van der Waals surface area contributed by atoms with Crippen LogP contribution in [-0.4, -0.2) is 39.9 Å². The topological polar surface area (TPSA) is 61.0 Å². The Balaban J connectivity index is 2.43. The van der Waals surface area contributed by atoms with Gasteiger partial charge in [0.25, 0.3) is 0 Å². The number of likely N-dealkylation sites (N-methyl/N-ethyl adjacent to an activating group) is 1. The lowest BCUT2D eigenvalue weighted by atomic mass is 10.2. The molecule has 5 heteroatoms. The highest BCUT2D eigenvalue weighted by molar-refractivity contribution is 5.81. The first kappa shape index (κ1) is 13.7. The summed E-state index contributed by atoms with van der Waals surface area (Å²) in [5.41, 5.74) is 1.00. The summed E-state index contributed by atoms with van der Waals surface area (Å²) in [4.78, 5) is 21.0. The highest BCUT2D eigenvalue weighted by Crippen LogP contribution is 1.98. The standard InChI is InChI=1S/C12H22N4O/c1-5-16(6-2)12(17)9(3)13-7-11-8-14-10(4)15-11/h8-9,13H,5-7H2,1-4H3,(H,14,15). The van der Waals surface area contributed by atoms with E-state index >= 15 is 0 Å². The van der Waals surface area contributed by atoms with Gasteiger partial charge in [0.05, 0.1) is 6.04 Å². The van der Waals surface area contributed by atoms with Gasteiger partial charge in [0.1, 0.15) is 5.82 Å². The first-order valence-corrected chi connectivity index (χ1v) is 6.11. The quantitative estimate of drug-likeness (QED) is 0.779. The molecule has 1 aromatic rings. The molecule has 0 aliphatic heterocycles. The average Bonchev–Trinajstić information content (AvgIpc) is 2.73. The van der Waals surface area contributed by atoms with Crippen molar-refractivity contribution in [2.45, 2.75) is 40.3 Å². The summed E-state index contributed by atoms with van der Waals surface area (Å²) in [6.07, 6.45) is 1.79. The third kappa shape index (κ3) is 3.85. The first-order chi connectivity index (χ1) is 8.08. The monoisotopic (exact) mass is 238 g/mol. The van der Waals surface area contributed by atoms with Crippen molar-refractivity contribution in [3.05, 3.63) is 17.7 Å². The van der Waals surface area contributed by atoms with Gasteiger partial charge in [-0.1, -0.05) is 0 Å². The van der Waals surface area contributed by atoms with E-state index in [1.165, 1.54) is 0 Å². The minimum absolute atomic E-state index is 0.145. The summed E-state index contributed by atoms with van der Waals surface area (Å²) in [6, 6.07) is -0.168. The Morgan fingerprint density at radius 1 is 1.53 bits per heavy atom. The lowest BCUT2D eigenvalue weighted by Crippen LogP contribution is -2.44. The number of aryl methyl sites for hydroxylation is 1. The van der Waals surface area contributed by atoms with E-state index in [1.807, 2.05) is 32.6 Å². The Bertz CT molecular complexity index is 357. The van der Waals surface area contributed by atoms with Crippen LogP contribution in [0.2, 0.25) is 0 Å². The summed E-state index contributed by atoms with van der Waals surface area (Å²) >= 11 is 0. The molecule has 1 unspecified atom stereocenters. The molecule has 0 bridgehead atoms. The third-order valence-corrected chi connectivity index (χ3v) is 2.80. The van der Waals surface area contributed by atoms with Crippen LogP contribution in [0.3, 0.4) is 0 Å². The molecule has 96 valence electrons. The number of amides is 1. The fraction of sp³-hybridized carbons (Fsp3) is 0.667. The Morgan fingerprint density at radius 3 is 2.65 bits per heavy atom. The van der Waals surface area contributed by atoms with Gasteiger partial charge in [-0.05, 0) is 27.7 Å². The summed E-state index contributed by atoms with van der Waals surface area (Å²) < 4.78 is 0. The van der Waals surface area contributed by atoms with Crippen molar-refractivity contribution in [2.75, 3.05) is 13.1 Å². The van der Waals surface area contributed by atoms with Crippen molar-refractivity contribution >= 4 is 5.91 Å². The zero-order valence-corrected chi connectivity index (χ0v) is 11.1. The number of H-pyrrole nitrogens is 1. The highest BCUT2D eigenvalue weighted by Gasteiger charge is 2.17. The Kier molecular flexibility index (Phi) is 5.15. The van der Waals surface area contributed by atoms with Crippen LogP contribution in [0.5, 0.6) is 0 Å². The molecular formula is C12H22N4O. The number of carbonyl (C=O) groups is 1. The number of hydrogen-bond donors (Lipinski definition) is 2. The predicted octanol–water partition coefficient (Wildman–Crippen LogP) is 1.06. The number of carbonyl (C=O) groups excluding carboxylic acids is 1. The zero-order valence-electron chi connectivity index (χ0n) is 11.1. The highest BCUT2D eigenvalue weighted by atomic mass is 16.2. The van der Waals surface area contributed by atoms with Crippen molar-refractivity contribution in [2.24, 2.45) is 0 Å². The lowest BCUT2D eigenvalue weighted by Gasteiger charge is -2.23. The van der Waals surface area contributed by atoms with E-state index in [4.69, 9.17) is 0 Å². The predicted molar refractivity (Wildman–Crippen MR) is 67.6 cm³/mol. The molecule has 1 rings (SSSR count). The Hall–Kier alpha value is -1.36. The van der Waals surface area contributed by atoms with E-state index in [2.05, 4.69) is 15.3 Å². The molecular weight excluding hydrogens is 216 g/mol. The summed E-state index contributed by atoms with van der Waals surface area (Å²) in [5.74, 6) is 1.04. The maximum atomic E-state index is 12.0. The number of aromatic nitrogens is 2. The Labute approximate surface area is 103 Å². The molecule has 1 aromatic heterocycles. The van der Waals surface area contributed by atoms with Gasteiger partial charge in [0.15, 0.2) is 0 Å². The normalized spacial score (nSPS) is 12.5. The van der Waals surface area contributed by atoms with E-state index in [1.54, 1.807) is 6.20 Å². The molecule has 0 saturated heterocycles. The molecule has 17 heavy (non-hydrogen) atoms. The van der Waals surface area contributed by atoms with Crippen LogP contribution < -0.4 is 5.32 Å². The van der Waals surface area contributed by atoms with E-state index in [0.717, 1.165) is 24.6 Å². The van der Waals surface area contributed by atoms with Crippen molar-refractivity contribution in [3.63, 3.8) is 0 Å². The molecule has 0 aliphatic carbocycles. The molecule has 2 N–H and O–H groups in total. The summed E-state index contributed by atoms with van der Waals surface area (Å²) in [5, 5.41) is 3.20. The average molecular weight is 238 g/mol. The fourth-order valence-electron chi connectivity index (χ4n) is 1.72. The summed E-state index contributed by atoms with van der Waals surface area (Å²) in [6.45, 7) is 9.93. The van der Waals surface area contributed by atoms with Gasteiger partial charge < -0.3 is 15.2 Å². The zero-order chi connectivity index (χ0) is 12.8. The van der Waals surface area contributed by atoms with Crippen LogP contribution in [0.4, 0.5) is 0 Å². The third-order valence-electron chi connectivity index (χ3n) is 2.80. The smallest absolute Gasteiger partial charge is 0.239 e. The maximum absolute atomic E-state index is 12.0. The van der Waals surface area contributed by atoms with Gasteiger partial charge in [-0.2, -0.15) is 0 Å². The largest absolute Gasteiger partial charge is 0.345 e. The molecule has 1 amide bonds. The Morgan fingerprint density at radius 2 is 2.18 bits per heavy atom. The van der Waals surface area contributed by atoms with E-state index in [-0.39, 0.29) is 11.9 Å². The molecule has 0 radical (unpaired) electrons. The van der Waals surface area contributed by atoms with Crippen LogP contribution >= 0.6 is 0 Å². The van der Waals surface area contributed by atoms with Crippen LogP contribution in [0.25, 0.3) is 0 Å². The second-order valence-electron chi connectivity index (χ2n) is 4.11. The van der Waals surface area contributed by atoms with Crippen molar-refractivity contribution < 1.29 is 4.79 Å². The number of rotatable bonds is 6. The number of nitrogens with one attached hydrogen (secondary N) is 2. The minimum Gasteiger partial charge on any atom is -0.345 e. The van der Waals surface area contributed by atoms with Gasteiger partial charge in [-0.3, -0.25) is 4.79 Å². The van der Waals surface area contributed by atoms with Gasteiger partial charge in [-0.15, -0.1) is 0 Å². The SMILES string of the molecule is CCN(CC)C(=O)C(C)NCc1cnc(C)[nH]1. The maximum Gasteiger partial charge on any atom is 0.239 e. The van der Waals surface area contributed by atoms with E-state index in [9.17, 15) is 4.79 Å². The molecule has 0 spiro atoms. The van der Waals surface area contributed by atoms with E-state index < -0.39 is 0 Å². The van der Waals surface area contributed by atoms with Gasteiger partial charge in [0.2, 0.25) is 5.91 Å². The van der Waals surface area contributed by atoms with Crippen LogP contribution in [0.1, 0.15) is 32.3 Å². The van der Waals surface area contributed by atoms with Crippen LogP contribution in [0.15, 0.2) is 6.20 Å². The fourth-order valence-corrected chi connectivity index (χ4v) is 1.72. The second kappa shape index (κ2) is 6.39. The number of imidazole rings is 1. The van der Waals surface area contributed by atoms with Crippen molar-refractivity contribution in [1.29, 1.82) is 0 Å². The first-order valence-electron chi connectivity index (χ1n) is 6.11. The van der Waals surface area contributed by atoms with E-state index in [0.29, 0.717) is 6.54 Å². The van der Waals surface area contributed by atoms with Crippen molar-refractivity contribution in [3.8, 4) is 0 Å². The number of aromatic amines is 1. The van der Waals surface area contributed by atoms with Gasteiger partial charge in [0, 0.05) is 31.5 Å². The van der Waals surface area contributed by atoms with Gasteiger partial charge >= 0.3 is 0 Å². The number of hydrogen-bond acceptors (Lipinski definition) is 3. The summed E-state index contributed by atoms with van der Waals surface area (Å²) in [7, 11) is 0.